The van der Waals surface area contributed by atoms with E-state index in [0.29, 0.717) is 24.8 Å². The molecule has 3 atom stereocenters. The first-order valence-corrected chi connectivity index (χ1v) is 12.4. The van der Waals surface area contributed by atoms with Gasteiger partial charge in [0, 0.05) is 12.1 Å². The van der Waals surface area contributed by atoms with Gasteiger partial charge in [-0.3, -0.25) is 0 Å². The summed E-state index contributed by atoms with van der Waals surface area (Å²) in [6.07, 6.45) is 21.2. The third-order valence-corrected chi connectivity index (χ3v) is 6.33. The van der Waals surface area contributed by atoms with Gasteiger partial charge in [0.1, 0.15) is 0 Å². The zero-order valence-electron chi connectivity index (χ0n) is 18.9. The molecule has 0 amide bonds. The van der Waals surface area contributed by atoms with Gasteiger partial charge in [-0.2, -0.15) is 0 Å². The van der Waals surface area contributed by atoms with Crippen molar-refractivity contribution in [3.63, 3.8) is 0 Å². The fourth-order valence-electron chi connectivity index (χ4n) is 4.54. The number of rotatable bonds is 16. The zero-order chi connectivity index (χ0) is 20.6. The predicted octanol–water partition coefficient (Wildman–Crippen LogP) is 7.58. The van der Waals surface area contributed by atoms with E-state index in [-0.39, 0.29) is 0 Å². The molecular weight excluding hydrogens is 354 g/mol. The molecule has 29 heavy (non-hydrogen) atoms. The molecule has 1 aromatic rings. The van der Waals surface area contributed by atoms with E-state index >= 15 is 0 Å². The summed E-state index contributed by atoms with van der Waals surface area (Å²) >= 11 is 0. The number of ether oxygens (including phenoxy) is 1. The van der Waals surface area contributed by atoms with Crippen LogP contribution in [0.25, 0.3) is 0 Å². The topological polar surface area (TPSA) is 21.3 Å². The summed E-state index contributed by atoms with van der Waals surface area (Å²) in [4.78, 5) is 0. The highest BCUT2D eigenvalue weighted by atomic mass is 16.5. The lowest BCUT2D eigenvalue weighted by Crippen LogP contribution is -2.51. The summed E-state index contributed by atoms with van der Waals surface area (Å²) in [6.45, 7) is 6.97. The van der Waals surface area contributed by atoms with Crippen molar-refractivity contribution in [2.45, 2.75) is 122 Å². The van der Waals surface area contributed by atoms with Crippen molar-refractivity contribution < 1.29 is 4.74 Å². The molecule has 1 fully saturated rings. The summed E-state index contributed by atoms with van der Waals surface area (Å²) in [7, 11) is 0. The van der Waals surface area contributed by atoms with Crippen LogP contribution < -0.4 is 5.32 Å². The van der Waals surface area contributed by atoms with Crippen LogP contribution in [-0.2, 0) is 11.3 Å². The molecule has 164 valence electrons. The Hall–Kier alpha value is -1.12. The highest BCUT2D eigenvalue weighted by Crippen LogP contribution is 2.23. The molecule has 1 heterocycles. The Balaban J connectivity index is 1.56. The number of unbranched alkanes of at least 4 members (excludes halogenated alkanes) is 9. The molecule has 2 nitrogen and oxygen atoms in total. The zero-order valence-corrected chi connectivity index (χ0v) is 18.9. The van der Waals surface area contributed by atoms with Crippen molar-refractivity contribution >= 4 is 0 Å². The van der Waals surface area contributed by atoms with Gasteiger partial charge in [-0.05, 0) is 31.2 Å². The Morgan fingerprint density at radius 1 is 0.931 bits per heavy atom. The van der Waals surface area contributed by atoms with Crippen LogP contribution in [-0.4, -0.2) is 18.2 Å². The molecule has 1 saturated heterocycles. The second kappa shape index (κ2) is 15.7. The number of hydrogen-bond acceptors (Lipinski definition) is 2. The van der Waals surface area contributed by atoms with Crippen LogP contribution in [0.2, 0.25) is 0 Å². The Kier molecular flexibility index (Phi) is 13.1. The van der Waals surface area contributed by atoms with Gasteiger partial charge >= 0.3 is 0 Å². The lowest BCUT2D eigenvalue weighted by atomic mass is 9.90. The largest absolute Gasteiger partial charge is 0.372 e. The summed E-state index contributed by atoms with van der Waals surface area (Å²) < 4.78 is 6.28. The number of nitrogens with one attached hydrogen (secondary N) is 1. The summed E-state index contributed by atoms with van der Waals surface area (Å²) in [5, 5.41) is 3.88. The quantitative estimate of drug-likeness (QED) is 0.228. The summed E-state index contributed by atoms with van der Waals surface area (Å²) in [5.74, 6) is 0. The van der Waals surface area contributed by atoms with Crippen LogP contribution in [0.1, 0.15) is 102 Å². The fraction of sp³-hybridized carbons (Fsp3) is 0.704. The third kappa shape index (κ3) is 10.5. The molecule has 0 unspecified atom stereocenters. The standard InChI is InChI=1S/C27H45NO/c1-3-5-6-7-8-9-10-11-12-16-20-25-21-22-27(26(28-25)17-4-2)29-23-24-18-14-13-15-19-24/h4,13-15,18-19,25-28H,2-3,5-12,16-17,20-23H2,1H3/t25-,26-,27+/m0/s1. The average Bonchev–Trinajstić information content (AvgIpc) is 2.75. The molecule has 1 aliphatic rings. The van der Waals surface area contributed by atoms with Crippen LogP contribution in [0.5, 0.6) is 0 Å². The van der Waals surface area contributed by atoms with Gasteiger partial charge < -0.3 is 10.1 Å². The molecule has 0 bridgehead atoms. The lowest BCUT2D eigenvalue weighted by molar-refractivity contribution is -0.0113. The van der Waals surface area contributed by atoms with E-state index in [1.165, 1.54) is 89.0 Å². The van der Waals surface area contributed by atoms with E-state index in [9.17, 15) is 0 Å². The van der Waals surface area contributed by atoms with Gasteiger partial charge in [-0.1, -0.05) is 108 Å². The van der Waals surface area contributed by atoms with Crippen LogP contribution >= 0.6 is 0 Å². The summed E-state index contributed by atoms with van der Waals surface area (Å²) in [5.41, 5.74) is 1.26. The third-order valence-electron chi connectivity index (χ3n) is 6.33. The first kappa shape index (κ1) is 24.2. The van der Waals surface area contributed by atoms with E-state index in [1.807, 2.05) is 6.08 Å². The normalized spacial score (nSPS) is 21.9. The molecule has 1 N–H and O–H groups in total. The summed E-state index contributed by atoms with van der Waals surface area (Å²) in [6, 6.07) is 11.6. The second-order valence-electron chi connectivity index (χ2n) is 8.88. The van der Waals surface area contributed by atoms with Crippen molar-refractivity contribution in [1.29, 1.82) is 0 Å². The first-order chi connectivity index (χ1) is 14.3. The molecular formula is C27H45NO. The highest BCUT2D eigenvalue weighted by molar-refractivity contribution is 5.13. The predicted molar refractivity (Wildman–Crippen MR) is 126 cm³/mol. The van der Waals surface area contributed by atoms with Crippen LogP contribution in [0.3, 0.4) is 0 Å². The molecule has 2 rings (SSSR count). The Morgan fingerprint density at radius 2 is 1.59 bits per heavy atom. The Labute approximate surface area is 180 Å². The minimum Gasteiger partial charge on any atom is -0.372 e. The average molecular weight is 400 g/mol. The van der Waals surface area contributed by atoms with Gasteiger partial charge in [-0.15, -0.1) is 6.58 Å². The van der Waals surface area contributed by atoms with Gasteiger partial charge in [0.15, 0.2) is 0 Å². The smallest absolute Gasteiger partial charge is 0.0736 e. The van der Waals surface area contributed by atoms with E-state index < -0.39 is 0 Å². The first-order valence-electron chi connectivity index (χ1n) is 12.4. The fourth-order valence-corrected chi connectivity index (χ4v) is 4.54. The molecule has 0 aromatic heterocycles. The lowest BCUT2D eigenvalue weighted by Gasteiger charge is -2.37. The highest BCUT2D eigenvalue weighted by Gasteiger charge is 2.29. The van der Waals surface area contributed by atoms with E-state index in [0.717, 1.165) is 6.42 Å². The van der Waals surface area contributed by atoms with E-state index in [2.05, 4.69) is 49.2 Å². The van der Waals surface area contributed by atoms with E-state index in [4.69, 9.17) is 4.74 Å². The maximum Gasteiger partial charge on any atom is 0.0736 e. The van der Waals surface area contributed by atoms with Crippen molar-refractivity contribution in [2.24, 2.45) is 0 Å². The molecule has 0 saturated carbocycles. The number of hydrogen-bond donors (Lipinski definition) is 1. The number of benzene rings is 1. The van der Waals surface area contributed by atoms with Gasteiger partial charge in [-0.25, -0.2) is 0 Å². The van der Waals surface area contributed by atoms with Crippen LogP contribution in [0.4, 0.5) is 0 Å². The van der Waals surface area contributed by atoms with Crippen molar-refractivity contribution in [3.8, 4) is 0 Å². The SMILES string of the molecule is C=CC[C@@H]1N[C@@H](CCCCCCCCCCCC)CC[C@H]1OCc1ccccc1. The molecule has 0 spiro atoms. The Bertz CT molecular complexity index is 515. The van der Waals surface area contributed by atoms with Crippen molar-refractivity contribution in [2.75, 3.05) is 0 Å². The minimum atomic E-state index is 0.303. The second-order valence-corrected chi connectivity index (χ2v) is 8.88. The molecule has 0 aliphatic carbocycles. The molecule has 2 heteroatoms. The van der Waals surface area contributed by atoms with Gasteiger partial charge in [0.05, 0.1) is 12.7 Å². The maximum absolute atomic E-state index is 6.28. The van der Waals surface area contributed by atoms with E-state index in [1.54, 1.807) is 0 Å². The maximum atomic E-state index is 6.28. The van der Waals surface area contributed by atoms with Crippen LogP contribution in [0, 0.1) is 0 Å². The molecule has 0 radical (unpaired) electrons. The van der Waals surface area contributed by atoms with Gasteiger partial charge in [0.2, 0.25) is 0 Å². The van der Waals surface area contributed by atoms with Crippen molar-refractivity contribution in [1.82, 2.24) is 5.32 Å². The van der Waals surface area contributed by atoms with Gasteiger partial charge in [0.25, 0.3) is 0 Å². The monoisotopic (exact) mass is 399 g/mol. The minimum absolute atomic E-state index is 0.303. The molecule has 1 aromatic carbocycles. The van der Waals surface area contributed by atoms with Crippen LogP contribution in [0.15, 0.2) is 43.0 Å². The number of piperidine rings is 1. The Morgan fingerprint density at radius 3 is 2.24 bits per heavy atom. The van der Waals surface area contributed by atoms with Crippen molar-refractivity contribution in [3.05, 3.63) is 48.6 Å². The molecule has 1 aliphatic heterocycles.